The lowest BCUT2D eigenvalue weighted by Gasteiger charge is -2.57. The first kappa shape index (κ1) is 19.9. The van der Waals surface area contributed by atoms with Crippen LogP contribution in [0.3, 0.4) is 0 Å². The topological polar surface area (TPSA) is 92.4 Å². The number of anilines is 1. The van der Waals surface area contributed by atoms with Crippen LogP contribution >= 0.6 is 11.8 Å². The molecule has 7 rings (SSSR count). The minimum absolute atomic E-state index is 0.105. The van der Waals surface area contributed by atoms with E-state index in [2.05, 4.69) is 11.4 Å². The average Bonchev–Trinajstić information content (AvgIpc) is 3.04. The van der Waals surface area contributed by atoms with Gasteiger partial charge in [0.05, 0.1) is 4.91 Å². The predicted octanol–water partition coefficient (Wildman–Crippen LogP) is 5.43. The molecule has 4 bridgehead atoms. The number of hydrogen-bond acceptors (Lipinski definition) is 5. The SMILES string of the molecule is Nc1cc(C=C2SC(=O)NC2=O)ccc1-c1ccc(O)c(C23CC4CC(CC(C4)C2)C3)c1. The van der Waals surface area contributed by atoms with Crippen molar-refractivity contribution in [2.75, 3.05) is 5.73 Å². The minimum atomic E-state index is -0.374. The zero-order valence-electron chi connectivity index (χ0n) is 17.8. The summed E-state index contributed by atoms with van der Waals surface area (Å²) in [4.78, 5) is 23.6. The van der Waals surface area contributed by atoms with Crippen LogP contribution in [0.5, 0.6) is 5.75 Å². The molecular weight excluding hydrogens is 420 g/mol. The second-order valence-electron chi connectivity index (χ2n) is 10.1. The zero-order valence-corrected chi connectivity index (χ0v) is 18.6. The van der Waals surface area contributed by atoms with Crippen molar-refractivity contribution in [3.05, 3.63) is 52.4 Å². The Hall–Kier alpha value is -2.73. The Kier molecular flexibility index (Phi) is 4.44. The molecule has 0 aromatic heterocycles. The molecule has 0 radical (unpaired) electrons. The van der Waals surface area contributed by atoms with Crippen LogP contribution in [0.1, 0.15) is 49.7 Å². The van der Waals surface area contributed by atoms with E-state index >= 15 is 0 Å². The van der Waals surface area contributed by atoms with Crippen LogP contribution in [0.4, 0.5) is 10.5 Å². The van der Waals surface area contributed by atoms with E-state index in [9.17, 15) is 14.7 Å². The van der Waals surface area contributed by atoms with Gasteiger partial charge in [-0.3, -0.25) is 14.9 Å². The number of hydrogen-bond donors (Lipinski definition) is 3. The summed E-state index contributed by atoms with van der Waals surface area (Å²) in [6.45, 7) is 0. The molecule has 4 N–H and O–H groups in total. The first-order chi connectivity index (χ1) is 15.4. The van der Waals surface area contributed by atoms with Gasteiger partial charge in [0.15, 0.2) is 0 Å². The van der Waals surface area contributed by atoms with E-state index in [0.29, 0.717) is 16.3 Å². The number of rotatable bonds is 3. The molecule has 4 aliphatic carbocycles. The van der Waals surface area contributed by atoms with Crippen molar-refractivity contribution in [3.63, 3.8) is 0 Å². The number of benzene rings is 2. The normalized spacial score (nSPS) is 32.0. The molecule has 5 nitrogen and oxygen atoms in total. The monoisotopic (exact) mass is 446 g/mol. The molecule has 0 spiro atoms. The van der Waals surface area contributed by atoms with Crippen molar-refractivity contribution < 1.29 is 14.7 Å². The lowest BCUT2D eigenvalue weighted by Crippen LogP contribution is -2.48. The van der Waals surface area contributed by atoms with E-state index in [1.807, 2.05) is 30.3 Å². The van der Waals surface area contributed by atoms with Crippen LogP contribution in [0, 0.1) is 17.8 Å². The van der Waals surface area contributed by atoms with Crippen LogP contribution in [0.2, 0.25) is 0 Å². The third kappa shape index (κ3) is 3.24. The number of phenolic OH excluding ortho intramolecular Hbond substituents is 1. The smallest absolute Gasteiger partial charge is 0.290 e. The molecule has 2 aromatic rings. The van der Waals surface area contributed by atoms with Crippen LogP contribution in [-0.4, -0.2) is 16.3 Å². The van der Waals surface area contributed by atoms with E-state index in [1.165, 1.54) is 38.5 Å². The standard InChI is InChI=1S/C26H26N2O3S/c27-21-8-14(9-23-24(30)28-25(31)32-23)1-3-19(21)18-2-4-22(29)20(10-18)26-11-15-5-16(12-26)7-17(6-15)13-26/h1-4,8-10,15-17,29H,5-7,11-13,27H2,(H,28,30,31). The number of carbonyl (C=O) groups is 2. The largest absolute Gasteiger partial charge is 0.508 e. The highest BCUT2D eigenvalue weighted by Crippen LogP contribution is 2.62. The molecule has 5 fully saturated rings. The maximum absolute atomic E-state index is 11.8. The van der Waals surface area contributed by atoms with Gasteiger partial charge >= 0.3 is 0 Å². The molecule has 1 heterocycles. The number of imide groups is 1. The van der Waals surface area contributed by atoms with E-state index in [1.54, 1.807) is 6.08 Å². The molecule has 0 unspecified atom stereocenters. The number of nitrogens with one attached hydrogen (secondary N) is 1. The Balaban J connectivity index is 1.35. The first-order valence-corrected chi connectivity index (χ1v) is 12.2. The number of amides is 2. The van der Waals surface area contributed by atoms with Crippen molar-refractivity contribution in [2.24, 2.45) is 17.8 Å². The maximum Gasteiger partial charge on any atom is 0.290 e. The fraction of sp³-hybridized carbons (Fsp3) is 0.385. The van der Waals surface area contributed by atoms with Crippen LogP contribution in [0.25, 0.3) is 17.2 Å². The second-order valence-corrected chi connectivity index (χ2v) is 11.1. The fourth-order valence-corrected chi connectivity index (χ4v) is 7.76. The first-order valence-electron chi connectivity index (χ1n) is 11.4. The van der Waals surface area contributed by atoms with Gasteiger partial charge in [-0.05, 0) is 109 Å². The van der Waals surface area contributed by atoms with Crippen molar-refractivity contribution in [2.45, 2.75) is 43.9 Å². The van der Waals surface area contributed by atoms with Crippen molar-refractivity contribution in [1.29, 1.82) is 0 Å². The Bertz CT molecular complexity index is 1150. The number of carbonyl (C=O) groups excluding carboxylic acids is 2. The van der Waals surface area contributed by atoms with Gasteiger partial charge in [-0.2, -0.15) is 0 Å². The molecule has 5 aliphatic rings. The Morgan fingerprint density at radius 1 is 1.00 bits per heavy atom. The third-order valence-electron chi connectivity index (χ3n) is 7.93. The van der Waals surface area contributed by atoms with Gasteiger partial charge in [0.2, 0.25) is 0 Å². The molecule has 1 aliphatic heterocycles. The van der Waals surface area contributed by atoms with Gasteiger partial charge in [0, 0.05) is 16.8 Å². The van der Waals surface area contributed by atoms with E-state index in [-0.39, 0.29) is 16.6 Å². The highest BCUT2D eigenvalue weighted by atomic mass is 32.2. The van der Waals surface area contributed by atoms with Crippen molar-refractivity contribution >= 4 is 34.7 Å². The van der Waals surface area contributed by atoms with Crippen LogP contribution in [-0.2, 0) is 10.2 Å². The fourth-order valence-electron chi connectivity index (χ4n) is 7.08. The molecule has 0 atom stereocenters. The van der Waals surface area contributed by atoms with Gasteiger partial charge < -0.3 is 10.8 Å². The van der Waals surface area contributed by atoms with Crippen molar-refractivity contribution in [1.82, 2.24) is 5.32 Å². The highest BCUT2D eigenvalue weighted by Gasteiger charge is 2.52. The van der Waals surface area contributed by atoms with E-state index < -0.39 is 0 Å². The number of nitrogens with two attached hydrogens (primary N) is 1. The van der Waals surface area contributed by atoms with Gasteiger partial charge in [-0.25, -0.2) is 0 Å². The second kappa shape index (κ2) is 7.14. The molecule has 2 aromatic carbocycles. The molecule has 164 valence electrons. The molecule has 1 saturated heterocycles. The number of phenols is 1. The molecule has 2 amide bonds. The van der Waals surface area contributed by atoms with Crippen molar-refractivity contribution in [3.8, 4) is 16.9 Å². The van der Waals surface area contributed by atoms with Gasteiger partial charge in [0.1, 0.15) is 5.75 Å². The van der Waals surface area contributed by atoms with Gasteiger partial charge in [-0.1, -0.05) is 18.2 Å². The summed E-state index contributed by atoms with van der Waals surface area (Å²) in [7, 11) is 0. The molecule has 32 heavy (non-hydrogen) atoms. The lowest BCUT2D eigenvalue weighted by atomic mass is 9.48. The van der Waals surface area contributed by atoms with Crippen LogP contribution < -0.4 is 11.1 Å². The summed E-state index contributed by atoms with van der Waals surface area (Å²) in [6, 6.07) is 11.6. The summed E-state index contributed by atoms with van der Waals surface area (Å²) in [6.07, 6.45) is 9.36. The Morgan fingerprint density at radius 3 is 2.28 bits per heavy atom. The summed E-state index contributed by atoms with van der Waals surface area (Å²) < 4.78 is 0. The molecule has 4 saturated carbocycles. The zero-order chi connectivity index (χ0) is 22.0. The molecular formula is C26H26N2O3S. The summed E-state index contributed by atoms with van der Waals surface area (Å²) >= 11 is 0.899. The van der Waals surface area contributed by atoms with E-state index in [4.69, 9.17) is 5.73 Å². The third-order valence-corrected chi connectivity index (χ3v) is 8.74. The number of nitrogen functional groups attached to an aromatic ring is 1. The Labute approximate surface area is 191 Å². The lowest BCUT2D eigenvalue weighted by molar-refractivity contribution is -0.115. The quantitative estimate of drug-likeness (QED) is 0.432. The molecule has 6 heteroatoms. The maximum atomic E-state index is 11.8. The Morgan fingerprint density at radius 2 is 1.69 bits per heavy atom. The van der Waals surface area contributed by atoms with E-state index in [0.717, 1.165) is 51.8 Å². The average molecular weight is 447 g/mol. The number of aromatic hydroxyl groups is 1. The summed E-state index contributed by atoms with van der Waals surface area (Å²) in [5.74, 6) is 2.45. The van der Waals surface area contributed by atoms with Gasteiger partial charge in [0.25, 0.3) is 11.1 Å². The highest BCUT2D eigenvalue weighted by molar-refractivity contribution is 8.18. The summed E-state index contributed by atoms with van der Waals surface area (Å²) in [5, 5.41) is 12.8. The van der Waals surface area contributed by atoms with Crippen LogP contribution in [0.15, 0.2) is 41.3 Å². The predicted molar refractivity (Wildman–Crippen MR) is 127 cm³/mol. The minimum Gasteiger partial charge on any atom is -0.508 e. The van der Waals surface area contributed by atoms with Gasteiger partial charge in [-0.15, -0.1) is 0 Å². The number of thioether (sulfide) groups is 1. The summed E-state index contributed by atoms with van der Waals surface area (Å²) in [5.41, 5.74) is 10.9.